The van der Waals surface area contributed by atoms with Gasteiger partial charge in [0.05, 0.1) is 35.4 Å². The van der Waals surface area contributed by atoms with E-state index in [1.807, 2.05) is 0 Å². The minimum atomic E-state index is -0.723. The van der Waals surface area contributed by atoms with E-state index in [-0.39, 0.29) is 22.6 Å². The summed E-state index contributed by atoms with van der Waals surface area (Å²) in [5.74, 6) is -0.442. The zero-order valence-electron chi connectivity index (χ0n) is 14.9. The Morgan fingerprint density at radius 2 is 2.07 bits per heavy atom. The molecule has 0 atom stereocenters. The summed E-state index contributed by atoms with van der Waals surface area (Å²) in [7, 11) is 1.45. The Bertz CT molecular complexity index is 1110. The van der Waals surface area contributed by atoms with Crippen LogP contribution >= 0.6 is 15.9 Å². The second-order valence-electron chi connectivity index (χ2n) is 5.66. The number of nitro benzene ring substituents is 1. The molecule has 10 heteroatoms. The van der Waals surface area contributed by atoms with Gasteiger partial charge in [-0.3, -0.25) is 14.9 Å². The summed E-state index contributed by atoms with van der Waals surface area (Å²) >= 11 is 3.28. The number of halogens is 2. The first-order valence-electron chi connectivity index (χ1n) is 8.10. The topological polar surface area (TPSA) is 107 Å². The van der Waals surface area contributed by atoms with Gasteiger partial charge in [0.15, 0.2) is 0 Å². The van der Waals surface area contributed by atoms with Gasteiger partial charge in [-0.1, -0.05) is 15.9 Å². The lowest BCUT2D eigenvalue weighted by Crippen LogP contribution is -2.18. The van der Waals surface area contributed by atoms with E-state index < -0.39 is 22.3 Å². The predicted octanol–water partition coefficient (Wildman–Crippen LogP) is 4.53. The van der Waals surface area contributed by atoms with Gasteiger partial charge in [0.2, 0.25) is 0 Å². The number of carbonyl (C=O) groups excluding carboxylic acids is 1. The van der Waals surface area contributed by atoms with Gasteiger partial charge >= 0.3 is 0 Å². The molecule has 3 rings (SSSR count). The maximum Gasteiger partial charge on any atom is 0.283 e. The lowest BCUT2D eigenvalue weighted by Gasteiger charge is -2.07. The number of methoxy groups -OCH3 is 1. The number of amides is 1. The van der Waals surface area contributed by atoms with Crippen molar-refractivity contribution in [1.82, 2.24) is 5.43 Å². The van der Waals surface area contributed by atoms with Crippen LogP contribution in [0.2, 0.25) is 0 Å². The number of ether oxygens (including phenoxy) is 1. The number of carbonyl (C=O) groups is 1. The minimum absolute atomic E-state index is 0.124. The smallest absolute Gasteiger partial charge is 0.283 e. The summed E-state index contributed by atoms with van der Waals surface area (Å²) in [6.45, 7) is 0. The molecule has 0 saturated carbocycles. The average molecular weight is 462 g/mol. The molecular formula is C19H13BrFN3O5. The molecule has 8 nitrogen and oxygen atoms in total. The number of furan rings is 1. The van der Waals surface area contributed by atoms with Crippen LogP contribution < -0.4 is 10.2 Å². The molecule has 0 aliphatic carbocycles. The Labute approximate surface area is 172 Å². The molecule has 0 spiro atoms. The third-order valence-corrected chi connectivity index (χ3v) is 4.31. The van der Waals surface area contributed by atoms with E-state index in [2.05, 4.69) is 26.5 Å². The SMILES string of the molecule is COc1ccc(Br)cc1C(=O)N/N=C\c1ccc(-c2ccc(F)cc2[N+](=O)[O-])o1. The zero-order valence-corrected chi connectivity index (χ0v) is 16.5. The summed E-state index contributed by atoms with van der Waals surface area (Å²) in [5, 5.41) is 14.9. The summed E-state index contributed by atoms with van der Waals surface area (Å²) in [4.78, 5) is 22.7. The van der Waals surface area contributed by atoms with Crippen molar-refractivity contribution in [2.45, 2.75) is 0 Å². The fraction of sp³-hybridized carbons (Fsp3) is 0.0526. The fourth-order valence-corrected chi connectivity index (χ4v) is 2.86. The van der Waals surface area contributed by atoms with Gasteiger partial charge in [0.1, 0.15) is 23.1 Å². The van der Waals surface area contributed by atoms with Crippen molar-refractivity contribution >= 4 is 33.7 Å². The standard InChI is InChI=1S/C19H13BrFN3O5/c1-28-17-6-2-11(20)8-15(17)19(25)23-22-10-13-4-7-18(29-13)14-5-3-12(21)9-16(14)24(26)27/h2-10H,1H3,(H,23,25)/b22-10-. The number of nitrogens with one attached hydrogen (secondary N) is 1. The van der Waals surface area contributed by atoms with Gasteiger partial charge < -0.3 is 9.15 Å². The number of hydrogen-bond acceptors (Lipinski definition) is 6. The van der Waals surface area contributed by atoms with Crippen LogP contribution in [0.1, 0.15) is 16.1 Å². The van der Waals surface area contributed by atoms with Gasteiger partial charge in [-0.15, -0.1) is 0 Å². The van der Waals surface area contributed by atoms with E-state index in [1.54, 1.807) is 18.2 Å². The zero-order chi connectivity index (χ0) is 21.0. The second-order valence-corrected chi connectivity index (χ2v) is 6.58. The molecule has 0 aliphatic heterocycles. The highest BCUT2D eigenvalue weighted by atomic mass is 79.9. The Kier molecular flexibility index (Phi) is 6.03. The Morgan fingerprint density at radius 1 is 1.28 bits per heavy atom. The third kappa shape index (κ3) is 4.66. The molecule has 0 radical (unpaired) electrons. The Hall–Kier alpha value is -3.53. The van der Waals surface area contributed by atoms with Gasteiger partial charge in [0, 0.05) is 4.47 Å². The van der Waals surface area contributed by atoms with Gasteiger partial charge in [-0.2, -0.15) is 5.10 Å². The van der Waals surface area contributed by atoms with Crippen LogP contribution in [-0.2, 0) is 0 Å². The van der Waals surface area contributed by atoms with Crippen molar-refractivity contribution in [2.75, 3.05) is 7.11 Å². The molecule has 0 saturated heterocycles. The highest BCUT2D eigenvalue weighted by Gasteiger charge is 2.19. The van der Waals surface area contributed by atoms with Crippen LogP contribution in [-0.4, -0.2) is 24.2 Å². The predicted molar refractivity (Wildman–Crippen MR) is 107 cm³/mol. The van der Waals surface area contributed by atoms with E-state index in [4.69, 9.17) is 9.15 Å². The van der Waals surface area contributed by atoms with Crippen molar-refractivity contribution < 1.29 is 23.3 Å². The summed E-state index contributed by atoms with van der Waals surface area (Å²) < 4.78 is 24.6. The van der Waals surface area contributed by atoms with Crippen molar-refractivity contribution in [3.8, 4) is 17.1 Å². The highest BCUT2D eigenvalue weighted by molar-refractivity contribution is 9.10. The monoisotopic (exact) mass is 461 g/mol. The third-order valence-electron chi connectivity index (χ3n) is 3.81. The van der Waals surface area contributed by atoms with Crippen molar-refractivity contribution in [3.63, 3.8) is 0 Å². The largest absolute Gasteiger partial charge is 0.496 e. The van der Waals surface area contributed by atoms with Crippen LogP contribution in [0.4, 0.5) is 10.1 Å². The fourth-order valence-electron chi connectivity index (χ4n) is 2.50. The van der Waals surface area contributed by atoms with Gasteiger partial charge in [0.25, 0.3) is 11.6 Å². The van der Waals surface area contributed by atoms with E-state index in [0.717, 1.165) is 12.1 Å². The maximum atomic E-state index is 13.3. The molecule has 0 unspecified atom stereocenters. The quantitative estimate of drug-likeness (QED) is 0.329. The molecule has 3 aromatic rings. The molecule has 1 amide bonds. The van der Waals surface area contributed by atoms with E-state index in [0.29, 0.717) is 10.2 Å². The number of hydrazone groups is 1. The summed E-state index contributed by atoms with van der Waals surface area (Å²) in [5.41, 5.74) is 2.33. The Morgan fingerprint density at radius 3 is 2.79 bits per heavy atom. The molecule has 1 aromatic heterocycles. The number of benzene rings is 2. The van der Waals surface area contributed by atoms with E-state index in [1.165, 1.54) is 31.5 Å². The number of nitro groups is 1. The van der Waals surface area contributed by atoms with Crippen molar-refractivity contribution in [1.29, 1.82) is 0 Å². The molecule has 148 valence electrons. The minimum Gasteiger partial charge on any atom is -0.496 e. The number of nitrogens with zero attached hydrogens (tertiary/aromatic N) is 2. The Balaban J connectivity index is 1.76. The maximum absolute atomic E-state index is 13.3. The van der Waals surface area contributed by atoms with Crippen LogP contribution in [0.3, 0.4) is 0 Å². The first kappa shape index (κ1) is 20.2. The molecule has 0 aliphatic rings. The van der Waals surface area contributed by atoms with Gasteiger partial charge in [-0.05, 0) is 42.5 Å². The van der Waals surface area contributed by atoms with Crippen LogP contribution in [0.15, 0.2) is 62.5 Å². The van der Waals surface area contributed by atoms with E-state index >= 15 is 0 Å². The molecule has 0 fully saturated rings. The van der Waals surface area contributed by atoms with Crippen molar-refractivity contribution in [3.05, 3.63) is 80.3 Å². The molecule has 0 bridgehead atoms. The highest BCUT2D eigenvalue weighted by Crippen LogP contribution is 2.31. The van der Waals surface area contributed by atoms with Crippen LogP contribution in [0, 0.1) is 15.9 Å². The molecule has 1 N–H and O–H groups in total. The normalized spacial score (nSPS) is 10.9. The molecule has 29 heavy (non-hydrogen) atoms. The number of hydrogen-bond donors (Lipinski definition) is 1. The van der Waals surface area contributed by atoms with Crippen LogP contribution in [0.25, 0.3) is 11.3 Å². The molecule has 2 aromatic carbocycles. The summed E-state index contributed by atoms with van der Waals surface area (Å²) in [6.07, 6.45) is 1.24. The van der Waals surface area contributed by atoms with Crippen LogP contribution in [0.5, 0.6) is 5.75 Å². The summed E-state index contributed by atoms with van der Waals surface area (Å²) in [6, 6.07) is 11.1. The lowest BCUT2D eigenvalue weighted by molar-refractivity contribution is -0.384. The average Bonchev–Trinajstić information content (AvgIpc) is 3.16. The molecule has 1 heterocycles. The molecular weight excluding hydrogens is 449 g/mol. The first-order valence-corrected chi connectivity index (χ1v) is 8.89. The lowest BCUT2D eigenvalue weighted by atomic mass is 10.1. The second kappa shape index (κ2) is 8.65. The van der Waals surface area contributed by atoms with Crippen molar-refractivity contribution in [2.24, 2.45) is 5.10 Å². The van der Waals surface area contributed by atoms with E-state index in [9.17, 15) is 19.3 Å². The van der Waals surface area contributed by atoms with Gasteiger partial charge in [-0.25, -0.2) is 9.82 Å². The number of rotatable bonds is 6. The first-order chi connectivity index (χ1) is 13.9.